The summed E-state index contributed by atoms with van der Waals surface area (Å²) in [7, 11) is -3.71. The topological polar surface area (TPSA) is 66.4 Å². The lowest BCUT2D eigenvalue weighted by Gasteiger charge is -2.12. The minimum atomic E-state index is -3.71. The number of halogens is 2. The average molecular weight is 435 g/mol. The third-order valence-corrected chi connectivity index (χ3v) is 5.52. The van der Waals surface area contributed by atoms with Crippen LogP contribution in [0.5, 0.6) is 0 Å². The maximum Gasteiger partial charge on any atom is 0.261 e. The van der Waals surface area contributed by atoms with Gasteiger partial charge in [0.1, 0.15) is 0 Å². The second-order valence-corrected chi connectivity index (χ2v) is 7.93. The minimum absolute atomic E-state index is 0.115. The smallest absolute Gasteiger partial charge is 0.261 e. The third-order valence-electron chi connectivity index (χ3n) is 2.97. The maximum absolute atomic E-state index is 12.4. The highest BCUT2D eigenvalue weighted by atomic mass is 79.9. The van der Waals surface area contributed by atoms with E-state index in [0.717, 1.165) is 10.0 Å². The van der Waals surface area contributed by atoms with Gasteiger partial charge in [0.05, 0.1) is 17.2 Å². The Morgan fingerprint density at radius 2 is 1.86 bits per heavy atom. The van der Waals surface area contributed by atoms with Crippen LogP contribution < -0.4 is 4.72 Å². The zero-order valence-electron chi connectivity index (χ0n) is 11.1. The number of rotatable bonds is 4. The van der Waals surface area contributed by atoms with Gasteiger partial charge in [-0.15, -0.1) is 0 Å². The first-order chi connectivity index (χ1) is 9.83. The number of hydrogen-bond acceptors (Lipinski definition) is 3. The summed E-state index contributed by atoms with van der Waals surface area (Å²) in [5.74, 6) is 0. The van der Waals surface area contributed by atoms with E-state index >= 15 is 0 Å². The highest BCUT2D eigenvalue weighted by Gasteiger charge is 2.17. The van der Waals surface area contributed by atoms with Crippen molar-refractivity contribution in [1.82, 2.24) is 0 Å². The van der Waals surface area contributed by atoms with Gasteiger partial charge in [0.25, 0.3) is 10.0 Å². The summed E-state index contributed by atoms with van der Waals surface area (Å²) < 4.78 is 28.8. The van der Waals surface area contributed by atoms with E-state index in [4.69, 9.17) is 0 Å². The summed E-state index contributed by atoms with van der Waals surface area (Å²) >= 11 is 6.61. The number of aliphatic hydroxyl groups excluding tert-OH is 1. The van der Waals surface area contributed by atoms with Gasteiger partial charge in [-0.1, -0.05) is 22.0 Å². The molecule has 7 heteroatoms. The monoisotopic (exact) mass is 433 g/mol. The van der Waals surface area contributed by atoms with Crippen molar-refractivity contribution in [3.63, 3.8) is 0 Å². The van der Waals surface area contributed by atoms with Crippen molar-refractivity contribution < 1.29 is 13.5 Å². The van der Waals surface area contributed by atoms with Gasteiger partial charge in [-0.25, -0.2) is 8.42 Å². The molecule has 0 aliphatic carbocycles. The molecule has 0 aromatic heterocycles. The van der Waals surface area contributed by atoms with Crippen LogP contribution in [0.3, 0.4) is 0 Å². The summed E-state index contributed by atoms with van der Waals surface area (Å²) in [6.07, 6.45) is 0. The molecule has 0 amide bonds. The highest BCUT2D eigenvalue weighted by Crippen LogP contribution is 2.28. The SMILES string of the molecule is Cc1ccc(S(=O)(=O)Nc2cc(Br)ccc2Br)cc1CO. The molecular formula is C14H13Br2NO3S. The largest absolute Gasteiger partial charge is 0.392 e. The predicted octanol–water partition coefficient (Wildman–Crippen LogP) is 3.81. The fraction of sp³-hybridized carbons (Fsp3) is 0.143. The van der Waals surface area contributed by atoms with Crippen LogP contribution >= 0.6 is 31.9 Å². The van der Waals surface area contributed by atoms with Gasteiger partial charge < -0.3 is 5.11 Å². The van der Waals surface area contributed by atoms with E-state index in [0.29, 0.717) is 15.7 Å². The Morgan fingerprint density at radius 1 is 1.14 bits per heavy atom. The van der Waals surface area contributed by atoms with Crippen LogP contribution in [0, 0.1) is 6.92 Å². The number of aryl methyl sites for hydroxylation is 1. The molecule has 21 heavy (non-hydrogen) atoms. The summed E-state index contributed by atoms with van der Waals surface area (Å²) in [4.78, 5) is 0.115. The first kappa shape index (κ1) is 16.5. The molecule has 2 N–H and O–H groups in total. The van der Waals surface area contributed by atoms with E-state index < -0.39 is 10.0 Å². The second kappa shape index (κ2) is 6.48. The van der Waals surface area contributed by atoms with Gasteiger partial charge in [-0.05, 0) is 64.3 Å². The van der Waals surface area contributed by atoms with Crippen molar-refractivity contribution in [1.29, 1.82) is 0 Å². The standard InChI is InChI=1S/C14H13Br2NO3S/c1-9-2-4-12(6-10(9)8-18)21(19,20)17-14-7-11(15)3-5-13(14)16/h2-7,17-18H,8H2,1H3. The van der Waals surface area contributed by atoms with Gasteiger partial charge in [0.15, 0.2) is 0 Å². The molecule has 4 nitrogen and oxygen atoms in total. The van der Waals surface area contributed by atoms with Crippen molar-refractivity contribution in [2.24, 2.45) is 0 Å². The van der Waals surface area contributed by atoms with Gasteiger partial charge in [-0.2, -0.15) is 0 Å². The van der Waals surface area contributed by atoms with Gasteiger partial charge in [0.2, 0.25) is 0 Å². The molecule has 0 bridgehead atoms. The van der Waals surface area contributed by atoms with Gasteiger partial charge in [0, 0.05) is 8.95 Å². The molecule has 0 aliphatic heterocycles. The molecule has 0 fully saturated rings. The fourth-order valence-corrected chi connectivity index (χ4v) is 3.72. The van der Waals surface area contributed by atoms with E-state index in [9.17, 15) is 13.5 Å². The number of benzene rings is 2. The van der Waals surface area contributed by atoms with Crippen LogP contribution in [0.25, 0.3) is 0 Å². The summed E-state index contributed by atoms with van der Waals surface area (Å²) in [6, 6.07) is 9.89. The zero-order valence-corrected chi connectivity index (χ0v) is 15.1. The lowest BCUT2D eigenvalue weighted by molar-refractivity contribution is 0.281. The Hall–Kier alpha value is -0.890. The average Bonchev–Trinajstić information content (AvgIpc) is 2.43. The van der Waals surface area contributed by atoms with Crippen molar-refractivity contribution in [3.8, 4) is 0 Å². The molecule has 2 aromatic carbocycles. The normalized spacial score (nSPS) is 11.4. The van der Waals surface area contributed by atoms with Crippen LogP contribution in [0.15, 0.2) is 50.2 Å². The molecule has 0 saturated carbocycles. The Bertz CT molecular complexity index is 776. The number of nitrogens with one attached hydrogen (secondary N) is 1. The lowest BCUT2D eigenvalue weighted by Crippen LogP contribution is -2.14. The number of anilines is 1. The molecule has 0 atom stereocenters. The molecule has 0 heterocycles. The van der Waals surface area contributed by atoms with Crippen LogP contribution in [-0.4, -0.2) is 13.5 Å². The Balaban J connectivity index is 2.41. The quantitative estimate of drug-likeness (QED) is 0.768. The van der Waals surface area contributed by atoms with Crippen molar-refractivity contribution in [3.05, 3.63) is 56.5 Å². The first-order valence-corrected chi connectivity index (χ1v) is 9.08. The molecular weight excluding hydrogens is 422 g/mol. The number of hydrogen-bond donors (Lipinski definition) is 2. The van der Waals surface area contributed by atoms with Gasteiger partial charge in [-0.3, -0.25) is 4.72 Å². The van der Waals surface area contributed by atoms with E-state index in [1.165, 1.54) is 12.1 Å². The predicted molar refractivity (Wildman–Crippen MR) is 89.8 cm³/mol. The summed E-state index contributed by atoms with van der Waals surface area (Å²) in [6.45, 7) is 1.62. The molecule has 2 aromatic rings. The van der Waals surface area contributed by atoms with Crippen molar-refractivity contribution in [2.75, 3.05) is 4.72 Å². The molecule has 2 rings (SSSR count). The van der Waals surface area contributed by atoms with Crippen LogP contribution in [-0.2, 0) is 16.6 Å². The zero-order chi connectivity index (χ0) is 15.6. The fourth-order valence-electron chi connectivity index (χ4n) is 1.76. The second-order valence-electron chi connectivity index (χ2n) is 4.48. The maximum atomic E-state index is 12.4. The van der Waals surface area contributed by atoms with Crippen LogP contribution in [0.2, 0.25) is 0 Å². The molecule has 0 aliphatic rings. The van der Waals surface area contributed by atoms with E-state index in [1.807, 2.05) is 6.92 Å². The number of sulfonamides is 1. The molecule has 112 valence electrons. The first-order valence-electron chi connectivity index (χ1n) is 6.02. The van der Waals surface area contributed by atoms with Gasteiger partial charge >= 0.3 is 0 Å². The summed E-state index contributed by atoms with van der Waals surface area (Å²) in [5, 5.41) is 9.25. The third kappa shape index (κ3) is 3.85. The molecule has 0 unspecified atom stereocenters. The Kier molecular flexibility index (Phi) is 5.08. The number of aliphatic hydroxyl groups is 1. The Morgan fingerprint density at radius 3 is 2.52 bits per heavy atom. The highest BCUT2D eigenvalue weighted by molar-refractivity contribution is 9.11. The molecule has 0 radical (unpaired) electrons. The van der Waals surface area contributed by atoms with Crippen molar-refractivity contribution in [2.45, 2.75) is 18.4 Å². The summed E-state index contributed by atoms with van der Waals surface area (Å²) in [5.41, 5.74) is 1.88. The molecule has 0 spiro atoms. The van der Waals surface area contributed by atoms with Crippen LogP contribution in [0.1, 0.15) is 11.1 Å². The van der Waals surface area contributed by atoms with E-state index in [2.05, 4.69) is 36.6 Å². The van der Waals surface area contributed by atoms with E-state index in [1.54, 1.807) is 24.3 Å². The lowest BCUT2D eigenvalue weighted by atomic mass is 10.1. The Labute approximate surface area is 140 Å². The van der Waals surface area contributed by atoms with Crippen LogP contribution in [0.4, 0.5) is 5.69 Å². The van der Waals surface area contributed by atoms with E-state index in [-0.39, 0.29) is 11.5 Å². The minimum Gasteiger partial charge on any atom is -0.392 e. The molecule has 0 saturated heterocycles. The van der Waals surface area contributed by atoms with Crippen molar-refractivity contribution >= 4 is 47.6 Å².